The Labute approximate surface area is 98.5 Å². The molecule has 0 aliphatic rings. The number of aromatic carboxylic acids is 1. The maximum Gasteiger partial charge on any atom is 0.381 e. The second kappa shape index (κ2) is 4.20. The van der Waals surface area contributed by atoms with E-state index in [2.05, 4.69) is 9.97 Å². The molecule has 92 valence electrons. The van der Waals surface area contributed by atoms with Gasteiger partial charge in [-0.15, -0.1) is 0 Å². The molecule has 0 unspecified atom stereocenters. The van der Waals surface area contributed by atoms with E-state index in [-0.39, 0.29) is 5.82 Å². The van der Waals surface area contributed by atoms with Gasteiger partial charge in [-0.05, 0) is 16.0 Å². The third kappa shape index (κ3) is 1.88. The Hall–Kier alpha value is -2.84. The van der Waals surface area contributed by atoms with E-state index in [4.69, 9.17) is 5.11 Å². The number of nitrogens with zero attached hydrogens (tertiary/aromatic N) is 4. The molecule has 0 atom stereocenters. The summed E-state index contributed by atoms with van der Waals surface area (Å²) >= 11 is 0. The highest BCUT2D eigenvalue weighted by atomic mass is 19.1. The van der Waals surface area contributed by atoms with E-state index in [1.807, 2.05) is 0 Å². The van der Waals surface area contributed by atoms with Gasteiger partial charge in [-0.3, -0.25) is 4.57 Å². The molecule has 0 aromatic carbocycles. The van der Waals surface area contributed by atoms with Crippen molar-refractivity contribution >= 4 is 11.8 Å². The van der Waals surface area contributed by atoms with Crippen molar-refractivity contribution in [1.29, 1.82) is 0 Å². The van der Waals surface area contributed by atoms with Gasteiger partial charge in [0.1, 0.15) is 11.8 Å². The van der Waals surface area contributed by atoms with Crippen LogP contribution in [0.2, 0.25) is 0 Å². The topological polar surface area (TPSA) is 111 Å². The standard InChI is InChI=1S/C9H5FN4O4/c10-7-5(9(15)16)1-2-11-8(7)13-3-6(12-4-13)14(17)18/h1-4H,(H,15,16). The van der Waals surface area contributed by atoms with Gasteiger partial charge in [0.2, 0.25) is 6.33 Å². The van der Waals surface area contributed by atoms with E-state index < -0.39 is 28.1 Å². The van der Waals surface area contributed by atoms with Crippen LogP contribution in [-0.2, 0) is 0 Å². The summed E-state index contributed by atoms with van der Waals surface area (Å²) in [5, 5.41) is 19.2. The number of nitro groups is 1. The van der Waals surface area contributed by atoms with Crippen LogP contribution in [0.3, 0.4) is 0 Å². The molecule has 0 aliphatic carbocycles. The number of hydrogen-bond donors (Lipinski definition) is 1. The van der Waals surface area contributed by atoms with Crippen LogP contribution >= 0.6 is 0 Å². The quantitative estimate of drug-likeness (QED) is 0.644. The molecule has 0 fully saturated rings. The summed E-state index contributed by atoms with van der Waals surface area (Å²) in [6, 6.07) is 0.993. The molecule has 2 aromatic rings. The number of halogens is 1. The Bertz CT molecular complexity index is 639. The van der Waals surface area contributed by atoms with Crippen molar-refractivity contribution in [3.05, 3.63) is 46.3 Å². The van der Waals surface area contributed by atoms with Gasteiger partial charge < -0.3 is 15.2 Å². The van der Waals surface area contributed by atoms with Gasteiger partial charge in [-0.2, -0.15) is 0 Å². The van der Waals surface area contributed by atoms with Crippen molar-refractivity contribution in [3.63, 3.8) is 0 Å². The SMILES string of the molecule is O=C(O)c1ccnc(-n2cnc([N+](=O)[O-])c2)c1F. The van der Waals surface area contributed by atoms with Gasteiger partial charge in [0.15, 0.2) is 11.6 Å². The number of carboxylic acid groups (broad SMARTS) is 1. The molecule has 0 aliphatic heterocycles. The molecular formula is C9H5FN4O4. The van der Waals surface area contributed by atoms with E-state index in [1.54, 1.807) is 0 Å². The van der Waals surface area contributed by atoms with Crippen LogP contribution in [0.15, 0.2) is 24.8 Å². The van der Waals surface area contributed by atoms with Crippen LogP contribution in [0.1, 0.15) is 10.4 Å². The van der Waals surface area contributed by atoms with Crippen LogP contribution < -0.4 is 0 Å². The molecular weight excluding hydrogens is 247 g/mol. The largest absolute Gasteiger partial charge is 0.478 e. The lowest BCUT2D eigenvalue weighted by molar-refractivity contribution is -0.389. The maximum absolute atomic E-state index is 13.8. The van der Waals surface area contributed by atoms with E-state index in [1.165, 1.54) is 0 Å². The van der Waals surface area contributed by atoms with Crippen LogP contribution in [0.4, 0.5) is 10.2 Å². The molecule has 0 radical (unpaired) electrons. The highest BCUT2D eigenvalue weighted by Crippen LogP contribution is 2.17. The van der Waals surface area contributed by atoms with Gasteiger partial charge in [-0.1, -0.05) is 0 Å². The highest BCUT2D eigenvalue weighted by Gasteiger charge is 2.19. The zero-order valence-corrected chi connectivity index (χ0v) is 8.65. The summed E-state index contributed by atoms with van der Waals surface area (Å²) in [5.74, 6) is -3.39. The fourth-order valence-electron chi connectivity index (χ4n) is 1.30. The normalized spacial score (nSPS) is 10.3. The maximum atomic E-state index is 13.8. The number of aromatic nitrogens is 3. The Morgan fingerprint density at radius 1 is 1.50 bits per heavy atom. The lowest BCUT2D eigenvalue weighted by Crippen LogP contribution is -2.06. The van der Waals surface area contributed by atoms with Crippen LogP contribution in [0, 0.1) is 15.9 Å². The number of rotatable bonds is 3. The third-order valence-electron chi connectivity index (χ3n) is 2.10. The lowest BCUT2D eigenvalue weighted by atomic mass is 10.2. The zero-order valence-electron chi connectivity index (χ0n) is 8.65. The van der Waals surface area contributed by atoms with Gasteiger partial charge in [0.05, 0.1) is 0 Å². The first-order valence-electron chi connectivity index (χ1n) is 4.57. The fraction of sp³-hybridized carbons (Fsp3) is 0. The fourth-order valence-corrected chi connectivity index (χ4v) is 1.30. The summed E-state index contributed by atoms with van der Waals surface area (Å²) in [6.07, 6.45) is 3.01. The Morgan fingerprint density at radius 2 is 2.22 bits per heavy atom. The first kappa shape index (κ1) is 11.6. The lowest BCUT2D eigenvalue weighted by Gasteiger charge is -2.03. The van der Waals surface area contributed by atoms with Crippen molar-refractivity contribution in [3.8, 4) is 5.82 Å². The average molecular weight is 252 g/mol. The van der Waals surface area contributed by atoms with Crippen molar-refractivity contribution in [2.24, 2.45) is 0 Å². The van der Waals surface area contributed by atoms with Crippen molar-refractivity contribution in [2.45, 2.75) is 0 Å². The Morgan fingerprint density at radius 3 is 2.78 bits per heavy atom. The van der Waals surface area contributed by atoms with E-state index >= 15 is 0 Å². The van der Waals surface area contributed by atoms with Gasteiger partial charge in [0, 0.05) is 6.20 Å². The zero-order chi connectivity index (χ0) is 13.3. The molecule has 0 saturated heterocycles. The number of imidazole rings is 1. The Balaban J connectivity index is 2.53. The first-order chi connectivity index (χ1) is 8.50. The minimum Gasteiger partial charge on any atom is -0.478 e. The molecule has 0 amide bonds. The van der Waals surface area contributed by atoms with E-state index in [0.717, 1.165) is 29.4 Å². The molecule has 8 nitrogen and oxygen atoms in total. The van der Waals surface area contributed by atoms with E-state index in [9.17, 15) is 19.3 Å². The Kier molecular flexibility index (Phi) is 2.72. The molecule has 0 saturated carbocycles. The van der Waals surface area contributed by atoms with Crippen molar-refractivity contribution < 1.29 is 19.2 Å². The average Bonchev–Trinajstić information content (AvgIpc) is 2.78. The van der Waals surface area contributed by atoms with Gasteiger partial charge >= 0.3 is 11.8 Å². The van der Waals surface area contributed by atoms with Gasteiger partial charge in [0.25, 0.3) is 0 Å². The molecule has 0 bridgehead atoms. The van der Waals surface area contributed by atoms with Crippen molar-refractivity contribution in [1.82, 2.24) is 14.5 Å². The third-order valence-corrected chi connectivity index (χ3v) is 2.10. The molecule has 9 heteroatoms. The van der Waals surface area contributed by atoms with E-state index in [0.29, 0.717) is 0 Å². The highest BCUT2D eigenvalue weighted by molar-refractivity contribution is 5.88. The first-order valence-corrected chi connectivity index (χ1v) is 4.57. The molecule has 2 rings (SSSR count). The summed E-state index contributed by atoms with van der Waals surface area (Å²) < 4.78 is 14.7. The smallest absolute Gasteiger partial charge is 0.381 e. The molecule has 2 aromatic heterocycles. The predicted octanol–water partition coefficient (Wildman–Crippen LogP) is 1.01. The molecule has 1 N–H and O–H groups in total. The number of carboxylic acids is 1. The number of pyridine rings is 1. The van der Waals surface area contributed by atoms with Gasteiger partial charge in [-0.25, -0.2) is 14.2 Å². The van der Waals surface area contributed by atoms with Crippen LogP contribution in [-0.4, -0.2) is 30.5 Å². The van der Waals surface area contributed by atoms with Crippen molar-refractivity contribution in [2.75, 3.05) is 0 Å². The monoisotopic (exact) mass is 252 g/mol. The molecule has 18 heavy (non-hydrogen) atoms. The molecule has 2 heterocycles. The minimum absolute atomic E-state index is 0.365. The minimum atomic E-state index is -1.45. The second-order valence-corrected chi connectivity index (χ2v) is 3.20. The number of hydrogen-bond acceptors (Lipinski definition) is 5. The van der Waals surface area contributed by atoms with Crippen LogP contribution in [0.25, 0.3) is 5.82 Å². The number of carbonyl (C=O) groups is 1. The summed E-state index contributed by atoms with van der Waals surface area (Å²) in [7, 11) is 0. The summed E-state index contributed by atoms with van der Waals surface area (Å²) in [4.78, 5) is 27.4. The summed E-state index contributed by atoms with van der Waals surface area (Å²) in [6.45, 7) is 0. The summed E-state index contributed by atoms with van der Waals surface area (Å²) in [5.41, 5.74) is -0.573. The van der Waals surface area contributed by atoms with Crippen LogP contribution in [0.5, 0.6) is 0 Å². The predicted molar refractivity (Wildman–Crippen MR) is 54.9 cm³/mol. The second-order valence-electron chi connectivity index (χ2n) is 3.20. The molecule has 0 spiro atoms.